The average molecular weight is 219 g/mol. The topological polar surface area (TPSA) is 46.6 Å². The molecule has 2 heterocycles. The third-order valence-electron chi connectivity index (χ3n) is 2.26. The van der Waals surface area contributed by atoms with E-state index >= 15 is 0 Å². The predicted octanol–water partition coefficient (Wildman–Crippen LogP) is 2.32. The number of furan rings is 2. The maximum Gasteiger partial charge on any atom is 0.185 e. The summed E-state index contributed by atoms with van der Waals surface area (Å²) in [5.41, 5.74) is 1.12. The van der Waals surface area contributed by atoms with Crippen molar-refractivity contribution >= 4 is 6.29 Å². The van der Waals surface area contributed by atoms with Crippen LogP contribution < -0.4 is 0 Å². The molecular weight excluding hydrogens is 206 g/mol. The van der Waals surface area contributed by atoms with Crippen LogP contribution >= 0.6 is 0 Å². The zero-order valence-corrected chi connectivity index (χ0v) is 9.05. The van der Waals surface area contributed by atoms with Gasteiger partial charge in [-0.2, -0.15) is 0 Å². The highest BCUT2D eigenvalue weighted by molar-refractivity contribution is 5.70. The second kappa shape index (κ2) is 4.81. The van der Waals surface area contributed by atoms with Crippen molar-refractivity contribution in [3.63, 3.8) is 0 Å². The van der Waals surface area contributed by atoms with E-state index in [-0.39, 0.29) is 0 Å². The van der Waals surface area contributed by atoms with Crippen LogP contribution in [0.3, 0.4) is 0 Å². The summed E-state index contributed by atoms with van der Waals surface area (Å²) in [4.78, 5) is 12.5. The summed E-state index contributed by atoms with van der Waals surface area (Å²) < 4.78 is 10.3. The molecule has 0 aromatic carbocycles. The molecule has 0 bridgehead atoms. The Balaban J connectivity index is 1.91. The van der Waals surface area contributed by atoms with Gasteiger partial charge in [-0.3, -0.25) is 9.69 Å². The van der Waals surface area contributed by atoms with Gasteiger partial charge in [-0.15, -0.1) is 0 Å². The van der Waals surface area contributed by atoms with Crippen molar-refractivity contribution in [3.8, 4) is 0 Å². The Labute approximate surface area is 93.5 Å². The van der Waals surface area contributed by atoms with Gasteiger partial charge in [0.1, 0.15) is 5.76 Å². The van der Waals surface area contributed by atoms with Crippen LogP contribution in [0.4, 0.5) is 0 Å². The summed E-state index contributed by atoms with van der Waals surface area (Å²) in [6, 6.07) is 5.42. The molecule has 0 saturated carbocycles. The van der Waals surface area contributed by atoms with Gasteiger partial charge in [0.25, 0.3) is 0 Å². The molecule has 84 valence electrons. The first-order valence-electron chi connectivity index (χ1n) is 5.01. The number of carbonyl (C=O) groups excluding carboxylic acids is 1. The van der Waals surface area contributed by atoms with E-state index in [4.69, 9.17) is 8.83 Å². The van der Waals surface area contributed by atoms with Crippen molar-refractivity contribution in [2.75, 3.05) is 7.05 Å². The molecule has 16 heavy (non-hydrogen) atoms. The van der Waals surface area contributed by atoms with E-state index in [9.17, 15) is 4.79 Å². The third kappa shape index (κ3) is 2.61. The summed E-state index contributed by atoms with van der Waals surface area (Å²) >= 11 is 0. The van der Waals surface area contributed by atoms with E-state index < -0.39 is 0 Å². The molecule has 4 nitrogen and oxygen atoms in total. The van der Waals surface area contributed by atoms with Crippen molar-refractivity contribution in [1.82, 2.24) is 4.90 Å². The molecule has 0 fully saturated rings. The Bertz CT molecular complexity index is 445. The van der Waals surface area contributed by atoms with Gasteiger partial charge in [-0.1, -0.05) is 0 Å². The van der Waals surface area contributed by atoms with Crippen LogP contribution in [0.2, 0.25) is 0 Å². The first-order chi connectivity index (χ1) is 7.78. The van der Waals surface area contributed by atoms with Crippen molar-refractivity contribution in [2.24, 2.45) is 0 Å². The fourth-order valence-electron chi connectivity index (χ4n) is 1.56. The molecule has 4 heteroatoms. The van der Waals surface area contributed by atoms with Crippen molar-refractivity contribution in [3.05, 3.63) is 47.8 Å². The van der Waals surface area contributed by atoms with Gasteiger partial charge in [0.2, 0.25) is 0 Å². The summed E-state index contributed by atoms with van der Waals surface area (Å²) in [6.07, 6.45) is 4.08. The minimum Gasteiger partial charge on any atom is -0.472 e. The van der Waals surface area contributed by atoms with Gasteiger partial charge in [0.15, 0.2) is 12.0 Å². The second-order valence-corrected chi connectivity index (χ2v) is 3.73. The lowest BCUT2D eigenvalue weighted by atomic mass is 10.3. The first-order valence-corrected chi connectivity index (χ1v) is 5.01. The molecule has 0 saturated heterocycles. The SMILES string of the molecule is CN(Cc1ccoc1)Cc1ccc(C=O)o1. The molecular formula is C12H13NO3. The summed E-state index contributed by atoms with van der Waals surface area (Å²) in [5, 5.41) is 0. The molecule has 0 aliphatic heterocycles. The molecule has 0 spiro atoms. The van der Waals surface area contributed by atoms with Gasteiger partial charge in [-0.05, 0) is 25.2 Å². The molecule has 0 aliphatic rings. The van der Waals surface area contributed by atoms with Crippen LogP contribution in [0.25, 0.3) is 0 Å². The van der Waals surface area contributed by atoms with E-state index in [2.05, 4.69) is 4.90 Å². The maximum absolute atomic E-state index is 10.4. The molecule has 0 unspecified atom stereocenters. The number of hydrogen-bond acceptors (Lipinski definition) is 4. The molecule has 2 aromatic heterocycles. The van der Waals surface area contributed by atoms with E-state index in [0.717, 1.165) is 17.9 Å². The van der Waals surface area contributed by atoms with Crippen LogP contribution in [0.1, 0.15) is 21.9 Å². The molecule has 0 atom stereocenters. The van der Waals surface area contributed by atoms with Crippen LogP contribution in [0.5, 0.6) is 0 Å². The van der Waals surface area contributed by atoms with E-state index in [0.29, 0.717) is 18.6 Å². The molecule has 0 aliphatic carbocycles. The standard InChI is InChI=1S/C12H13NO3/c1-13(6-10-4-5-15-9-10)7-11-2-3-12(8-14)16-11/h2-5,8-9H,6-7H2,1H3. The highest BCUT2D eigenvalue weighted by Gasteiger charge is 2.06. The summed E-state index contributed by atoms with van der Waals surface area (Å²) in [5.74, 6) is 1.15. The van der Waals surface area contributed by atoms with Crippen molar-refractivity contribution in [2.45, 2.75) is 13.1 Å². The van der Waals surface area contributed by atoms with Crippen molar-refractivity contribution < 1.29 is 13.6 Å². The van der Waals surface area contributed by atoms with Crippen molar-refractivity contribution in [1.29, 1.82) is 0 Å². The van der Waals surface area contributed by atoms with Crippen LogP contribution in [-0.4, -0.2) is 18.2 Å². The lowest BCUT2D eigenvalue weighted by Crippen LogP contribution is -2.16. The quantitative estimate of drug-likeness (QED) is 0.724. The smallest absolute Gasteiger partial charge is 0.185 e. The molecule has 0 amide bonds. The Morgan fingerprint density at radius 2 is 2.19 bits per heavy atom. The molecule has 0 radical (unpaired) electrons. The zero-order valence-electron chi connectivity index (χ0n) is 9.05. The number of rotatable bonds is 5. The fourth-order valence-corrected chi connectivity index (χ4v) is 1.56. The van der Waals surface area contributed by atoms with Crippen LogP contribution in [0, 0.1) is 0 Å². The predicted molar refractivity (Wildman–Crippen MR) is 58.0 cm³/mol. The van der Waals surface area contributed by atoms with Gasteiger partial charge in [0.05, 0.1) is 19.1 Å². The Morgan fingerprint density at radius 3 is 2.81 bits per heavy atom. The van der Waals surface area contributed by atoms with Gasteiger partial charge < -0.3 is 8.83 Å². The Hall–Kier alpha value is -1.81. The Kier molecular flexibility index (Phi) is 3.22. The van der Waals surface area contributed by atoms with Gasteiger partial charge >= 0.3 is 0 Å². The van der Waals surface area contributed by atoms with E-state index in [1.807, 2.05) is 19.2 Å². The third-order valence-corrected chi connectivity index (χ3v) is 2.26. The number of nitrogens with zero attached hydrogens (tertiary/aromatic N) is 1. The second-order valence-electron chi connectivity index (χ2n) is 3.73. The number of hydrogen-bond donors (Lipinski definition) is 0. The first kappa shape index (κ1) is 10.7. The lowest BCUT2D eigenvalue weighted by molar-refractivity contribution is 0.109. The normalized spacial score (nSPS) is 10.9. The fraction of sp³-hybridized carbons (Fsp3) is 0.250. The monoisotopic (exact) mass is 219 g/mol. The zero-order chi connectivity index (χ0) is 11.4. The summed E-state index contributed by atoms with van der Waals surface area (Å²) in [6.45, 7) is 1.45. The molecule has 2 rings (SSSR count). The van der Waals surface area contributed by atoms with E-state index in [1.54, 1.807) is 18.6 Å². The molecule has 0 N–H and O–H groups in total. The van der Waals surface area contributed by atoms with Gasteiger partial charge in [0, 0.05) is 12.1 Å². The highest BCUT2D eigenvalue weighted by Crippen LogP contribution is 2.10. The summed E-state index contributed by atoms with van der Waals surface area (Å²) in [7, 11) is 1.98. The highest BCUT2D eigenvalue weighted by atomic mass is 16.3. The molecule has 2 aromatic rings. The number of carbonyl (C=O) groups is 1. The minimum atomic E-state index is 0.367. The largest absolute Gasteiger partial charge is 0.472 e. The van der Waals surface area contributed by atoms with Gasteiger partial charge in [-0.25, -0.2) is 0 Å². The average Bonchev–Trinajstić information content (AvgIpc) is 2.89. The maximum atomic E-state index is 10.4. The lowest BCUT2D eigenvalue weighted by Gasteiger charge is -2.13. The minimum absolute atomic E-state index is 0.367. The number of aldehydes is 1. The van der Waals surface area contributed by atoms with Crippen LogP contribution in [0.15, 0.2) is 39.6 Å². The van der Waals surface area contributed by atoms with E-state index in [1.165, 1.54) is 0 Å². The van der Waals surface area contributed by atoms with Crippen LogP contribution in [-0.2, 0) is 13.1 Å². The Morgan fingerprint density at radius 1 is 1.31 bits per heavy atom.